The van der Waals surface area contributed by atoms with Crippen molar-refractivity contribution < 1.29 is 14.4 Å². The van der Waals surface area contributed by atoms with Gasteiger partial charge in [0.25, 0.3) is 0 Å². The quantitative estimate of drug-likeness (QED) is 0.391. The predicted octanol–water partition coefficient (Wildman–Crippen LogP) is 4.56. The van der Waals surface area contributed by atoms with Crippen LogP contribution in [0.3, 0.4) is 0 Å². The molecular weight excluding hydrogens is 400 g/mol. The third kappa shape index (κ3) is 5.08. The van der Waals surface area contributed by atoms with Gasteiger partial charge in [-0.1, -0.05) is 48.5 Å². The molecule has 0 fully saturated rings. The topological polar surface area (TPSA) is 77.0 Å². The van der Waals surface area contributed by atoms with Crippen LogP contribution in [0.5, 0.6) is 0 Å². The molecule has 4 aromatic rings. The van der Waals surface area contributed by atoms with E-state index in [2.05, 4.69) is 9.97 Å². The van der Waals surface area contributed by atoms with Gasteiger partial charge in [-0.3, -0.25) is 24.4 Å². The molecule has 32 heavy (non-hydrogen) atoms. The molecule has 4 rings (SSSR count). The first-order chi connectivity index (χ1) is 15.6. The van der Waals surface area contributed by atoms with Crippen LogP contribution in [0.4, 0.5) is 0 Å². The second-order valence-corrected chi connectivity index (χ2v) is 7.39. The number of benzene rings is 2. The molecule has 0 saturated heterocycles. The van der Waals surface area contributed by atoms with Crippen molar-refractivity contribution in [1.29, 1.82) is 0 Å². The molecular formula is C27H20N2O3. The minimum absolute atomic E-state index is 0.00313. The van der Waals surface area contributed by atoms with Gasteiger partial charge >= 0.3 is 0 Å². The number of hydrogen-bond donors (Lipinski definition) is 0. The second-order valence-electron chi connectivity index (χ2n) is 7.39. The monoisotopic (exact) mass is 420 g/mol. The molecule has 5 nitrogen and oxygen atoms in total. The van der Waals surface area contributed by atoms with Crippen LogP contribution in [-0.4, -0.2) is 27.3 Å². The summed E-state index contributed by atoms with van der Waals surface area (Å²) in [6, 6.07) is 20.9. The Hall–Kier alpha value is -4.25. The maximum Gasteiger partial charge on any atom is 0.193 e. The average molecular weight is 420 g/mol. The lowest BCUT2D eigenvalue weighted by atomic mass is 9.97. The lowest BCUT2D eigenvalue weighted by Gasteiger charge is -2.06. The van der Waals surface area contributed by atoms with Gasteiger partial charge in [0.05, 0.1) is 0 Å². The number of hydrogen-bond acceptors (Lipinski definition) is 5. The van der Waals surface area contributed by atoms with Gasteiger partial charge in [0.15, 0.2) is 17.3 Å². The van der Waals surface area contributed by atoms with Crippen molar-refractivity contribution in [2.24, 2.45) is 0 Å². The predicted molar refractivity (Wildman–Crippen MR) is 121 cm³/mol. The molecule has 0 aliphatic carbocycles. The van der Waals surface area contributed by atoms with E-state index >= 15 is 0 Å². The van der Waals surface area contributed by atoms with E-state index in [-0.39, 0.29) is 30.2 Å². The first kappa shape index (κ1) is 21.0. The van der Waals surface area contributed by atoms with Crippen LogP contribution in [0, 0.1) is 0 Å². The third-order valence-corrected chi connectivity index (χ3v) is 5.17. The molecule has 0 bridgehead atoms. The Bertz CT molecular complexity index is 1130. The summed E-state index contributed by atoms with van der Waals surface area (Å²) in [6.45, 7) is 0. The smallest absolute Gasteiger partial charge is 0.193 e. The zero-order chi connectivity index (χ0) is 22.3. The zero-order valence-corrected chi connectivity index (χ0v) is 17.3. The number of carbonyl (C=O) groups excluding carboxylic acids is 3. The lowest BCUT2D eigenvalue weighted by Crippen LogP contribution is -2.06. The summed E-state index contributed by atoms with van der Waals surface area (Å²) in [5.41, 5.74) is 4.00. The van der Waals surface area contributed by atoms with Gasteiger partial charge < -0.3 is 0 Å². The summed E-state index contributed by atoms with van der Waals surface area (Å²) in [6.07, 6.45) is 6.90. The van der Waals surface area contributed by atoms with E-state index in [1.165, 1.54) is 0 Å². The number of rotatable bonds is 8. The van der Waals surface area contributed by atoms with Crippen LogP contribution in [0.2, 0.25) is 0 Å². The van der Waals surface area contributed by atoms with Crippen LogP contribution in [-0.2, 0) is 12.8 Å². The normalized spacial score (nSPS) is 10.5. The van der Waals surface area contributed by atoms with Crippen LogP contribution in [0.15, 0.2) is 97.6 Å². The highest BCUT2D eigenvalue weighted by Gasteiger charge is 2.12. The molecule has 5 heteroatoms. The van der Waals surface area contributed by atoms with E-state index < -0.39 is 0 Å². The Labute approximate surface area is 185 Å². The van der Waals surface area contributed by atoms with E-state index in [0.29, 0.717) is 22.3 Å². The number of ketones is 3. The molecule has 0 N–H and O–H groups in total. The summed E-state index contributed by atoms with van der Waals surface area (Å²) in [7, 11) is 0. The van der Waals surface area contributed by atoms with Crippen LogP contribution in [0.25, 0.3) is 0 Å². The van der Waals surface area contributed by atoms with Gasteiger partial charge in [0.1, 0.15) is 0 Å². The largest absolute Gasteiger partial charge is 0.294 e. The number of pyridine rings is 2. The molecule has 0 atom stereocenters. The first-order valence-corrected chi connectivity index (χ1v) is 10.2. The van der Waals surface area contributed by atoms with Crippen LogP contribution < -0.4 is 0 Å². The molecule has 0 unspecified atom stereocenters. The van der Waals surface area contributed by atoms with Crippen LogP contribution >= 0.6 is 0 Å². The molecule has 0 aliphatic rings. The SMILES string of the molecule is O=C(Cc1ccc(C(=O)c2ccc(CC(=O)c3ccncc3)cc2)cc1)c1ccncc1. The number of nitrogens with zero attached hydrogens (tertiary/aromatic N) is 2. The maximum absolute atomic E-state index is 12.8. The van der Waals surface area contributed by atoms with E-state index in [0.717, 1.165) is 11.1 Å². The molecule has 2 aromatic heterocycles. The Morgan fingerprint density at radius 3 is 1.16 bits per heavy atom. The van der Waals surface area contributed by atoms with Gasteiger partial charge in [0.2, 0.25) is 0 Å². The molecule has 0 amide bonds. The van der Waals surface area contributed by atoms with E-state index in [9.17, 15) is 14.4 Å². The standard InChI is InChI=1S/C27H20N2O3/c30-25(21-9-13-28-14-10-21)17-19-1-5-23(6-2-19)27(32)24-7-3-20(4-8-24)18-26(31)22-11-15-29-16-12-22/h1-16H,17-18H2. The van der Waals surface area contributed by atoms with Gasteiger partial charge in [-0.05, 0) is 35.4 Å². The molecule has 2 aromatic carbocycles. The highest BCUT2D eigenvalue weighted by Crippen LogP contribution is 2.15. The summed E-state index contributed by atoms with van der Waals surface area (Å²) < 4.78 is 0. The van der Waals surface area contributed by atoms with Crippen molar-refractivity contribution in [3.05, 3.63) is 131 Å². The minimum Gasteiger partial charge on any atom is -0.294 e. The maximum atomic E-state index is 12.8. The van der Waals surface area contributed by atoms with E-state index in [1.807, 2.05) is 0 Å². The van der Waals surface area contributed by atoms with Crippen molar-refractivity contribution >= 4 is 17.3 Å². The summed E-state index contributed by atoms with van der Waals surface area (Å²) in [5, 5.41) is 0. The molecule has 0 saturated carbocycles. The van der Waals surface area contributed by atoms with Crippen molar-refractivity contribution in [3.63, 3.8) is 0 Å². The summed E-state index contributed by atoms with van der Waals surface area (Å²) in [4.78, 5) is 45.3. The van der Waals surface area contributed by atoms with Gasteiger partial charge in [0, 0.05) is 59.9 Å². The Balaban J connectivity index is 1.39. The van der Waals surface area contributed by atoms with Crippen molar-refractivity contribution in [3.8, 4) is 0 Å². The Morgan fingerprint density at radius 2 is 0.812 bits per heavy atom. The van der Waals surface area contributed by atoms with Crippen molar-refractivity contribution in [1.82, 2.24) is 9.97 Å². The van der Waals surface area contributed by atoms with Crippen molar-refractivity contribution in [2.75, 3.05) is 0 Å². The fourth-order valence-corrected chi connectivity index (χ4v) is 3.37. The first-order valence-electron chi connectivity index (χ1n) is 10.2. The molecule has 2 heterocycles. The number of aromatic nitrogens is 2. The van der Waals surface area contributed by atoms with Gasteiger partial charge in [-0.25, -0.2) is 0 Å². The van der Waals surface area contributed by atoms with E-state index in [4.69, 9.17) is 0 Å². The highest BCUT2D eigenvalue weighted by molar-refractivity contribution is 6.09. The molecule has 156 valence electrons. The molecule has 0 aliphatic heterocycles. The Kier molecular flexibility index (Phi) is 6.37. The van der Waals surface area contributed by atoms with Gasteiger partial charge in [-0.2, -0.15) is 0 Å². The number of carbonyl (C=O) groups is 3. The number of Topliss-reactive ketones (excluding diaryl/α,β-unsaturated/α-hetero) is 2. The highest BCUT2D eigenvalue weighted by atomic mass is 16.1. The van der Waals surface area contributed by atoms with Crippen molar-refractivity contribution in [2.45, 2.75) is 12.8 Å². The van der Waals surface area contributed by atoms with E-state index in [1.54, 1.807) is 97.6 Å². The second kappa shape index (κ2) is 9.71. The van der Waals surface area contributed by atoms with Crippen LogP contribution in [0.1, 0.15) is 47.8 Å². The minimum atomic E-state index is -0.107. The van der Waals surface area contributed by atoms with Gasteiger partial charge in [-0.15, -0.1) is 0 Å². The lowest BCUT2D eigenvalue weighted by molar-refractivity contribution is 0.0984. The summed E-state index contributed by atoms with van der Waals surface area (Å²) in [5.74, 6) is -0.101. The zero-order valence-electron chi connectivity index (χ0n) is 17.3. The fraction of sp³-hybridized carbons (Fsp3) is 0.0741. The Morgan fingerprint density at radius 1 is 0.469 bits per heavy atom. The third-order valence-electron chi connectivity index (χ3n) is 5.17. The average Bonchev–Trinajstić information content (AvgIpc) is 2.85. The fourth-order valence-electron chi connectivity index (χ4n) is 3.37. The molecule has 0 radical (unpaired) electrons. The summed E-state index contributed by atoms with van der Waals surface area (Å²) >= 11 is 0. The molecule has 0 spiro atoms.